The lowest BCUT2D eigenvalue weighted by Crippen LogP contribution is -2.18. The standard InChI is InChI=1S/C8H16F3NS/c1-2-7(12)5-3-4-6-13-8(9,10)11/h7H,2-6,12H2,1H3. The lowest BCUT2D eigenvalue weighted by Gasteiger charge is -2.08. The van der Waals surface area contributed by atoms with Gasteiger partial charge in [-0.15, -0.1) is 0 Å². The zero-order valence-corrected chi connectivity index (χ0v) is 8.55. The molecule has 0 aromatic carbocycles. The van der Waals surface area contributed by atoms with Gasteiger partial charge in [0.1, 0.15) is 0 Å². The van der Waals surface area contributed by atoms with E-state index in [-0.39, 0.29) is 23.6 Å². The molecule has 0 saturated heterocycles. The van der Waals surface area contributed by atoms with Gasteiger partial charge in [0.25, 0.3) is 0 Å². The molecule has 0 spiro atoms. The van der Waals surface area contributed by atoms with E-state index < -0.39 is 5.51 Å². The van der Waals surface area contributed by atoms with Gasteiger partial charge in [-0.05, 0) is 19.3 Å². The van der Waals surface area contributed by atoms with Crippen molar-refractivity contribution in [2.45, 2.75) is 44.2 Å². The molecule has 5 heteroatoms. The monoisotopic (exact) mass is 215 g/mol. The smallest absolute Gasteiger partial charge is 0.328 e. The second-order valence-electron chi connectivity index (χ2n) is 2.96. The van der Waals surface area contributed by atoms with Crippen LogP contribution in [0.25, 0.3) is 0 Å². The van der Waals surface area contributed by atoms with E-state index in [1.807, 2.05) is 6.92 Å². The van der Waals surface area contributed by atoms with Crippen LogP contribution in [0.4, 0.5) is 13.2 Å². The molecule has 0 aromatic rings. The molecule has 0 radical (unpaired) electrons. The fourth-order valence-electron chi connectivity index (χ4n) is 0.901. The lowest BCUT2D eigenvalue weighted by molar-refractivity contribution is -0.0328. The highest BCUT2D eigenvalue weighted by atomic mass is 32.2. The van der Waals surface area contributed by atoms with Gasteiger partial charge in [0.05, 0.1) is 0 Å². The average Bonchev–Trinajstić information content (AvgIpc) is 2.01. The molecule has 0 heterocycles. The summed E-state index contributed by atoms with van der Waals surface area (Å²) in [5, 5.41) is 0. The molecule has 0 aliphatic carbocycles. The van der Waals surface area contributed by atoms with Gasteiger partial charge in [0, 0.05) is 11.8 Å². The molecule has 1 nitrogen and oxygen atoms in total. The first-order chi connectivity index (χ1) is 5.95. The highest BCUT2D eigenvalue weighted by Crippen LogP contribution is 2.30. The summed E-state index contributed by atoms with van der Waals surface area (Å²) in [7, 11) is 0. The quantitative estimate of drug-likeness (QED) is 0.689. The molecule has 1 unspecified atom stereocenters. The maximum atomic E-state index is 11.6. The largest absolute Gasteiger partial charge is 0.441 e. The summed E-state index contributed by atoms with van der Waals surface area (Å²) >= 11 is 0.0520. The molecule has 0 rings (SSSR count). The number of unbranched alkanes of at least 4 members (excludes halogenated alkanes) is 1. The fraction of sp³-hybridized carbons (Fsp3) is 1.00. The number of nitrogens with two attached hydrogens (primary N) is 1. The summed E-state index contributed by atoms with van der Waals surface area (Å²) < 4.78 is 34.9. The third kappa shape index (κ3) is 10.0. The van der Waals surface area contributed by atoms with E-state index in [0.717, 1.165) is 19.3 Å². The van der Waals surface area contributed by atoms with Crippen LogP contribution in [0.5, 0.6) is 0 Å². The van der Waals surface area contributed by atoms with Gasteiger partial charge < -0.3 is 5.73 Å². The molecule has 0 aliphatic rings. The summed E-state index contributed by atoms with van der Waals surface area (Å²) in [6.07, 6.45) is 3.11. The molecule has 80 valence electrons. The highest BCUT2D eigenvalue weighted by molar-refractivity contribution is 8.00. The Morgan fingerprint density at radius 1 is 1.31 bits per heavy atom. The van der Waals surface area contributed by atoms with Crippen LogP contribution in [0.1, 0.15) is 32.6 Å². The topological polar surface area (TPSA) is 26.0 Å². The van der Waals surface area contributed by atoms with E-state index in [9.17, 15) is 13.2 Å². The Labute approximate surface area is 81.3 Å². The highest BCUT2D eigenvalue weighted by Gasteiger charge is 2.27. The zero-order valence-electron chi connectivity index (χ0n) is 7.73. The van der Waals surface area contributed by atoms with E-state index in [2.05, 4.69) is 0 Å². The SMILES string of the molecule is CCC(N)CCCCSC(F)(F)F. The van der Waals surface area contributed by atoms with Gasteiger partial charge in [0.15, 0.2) is 0 Å². The molecule has 2 N–H and O–H groups in total. The fourth-order valence-corrected chi connectivity index (χ4v) is 1.48. The van der Waals surface area contributed by atoms with Crippen molar-refractivity contribution in [1.82, 2.24) is 0 Å². The Morgan fingerprint density at radius 2 is 1.92 bits per heavy atom. The minimum absolute atomic E-state index is 0.0520. The maximum Gasteiger partial charge on any atom is 0.441 e. The van der Waals surface area contributed by atoms with Crippen LogP contribution in [0, 0.1) is 0 Å². The van der Waals surface area contributed by atoms with Crippen LogP contribution >= 0.6 is 11.8 Å². The minimum Gasteiger partial charge on any atom is -0.328 e. The molecule has 1 atom stereocenters. The van der Waals surface area contributed by atoms with Crippen molar-refractivity contribution in [3.63, 3.8) is 0 Å². The number of thioether (sulfide) groups is 1. The molecule has 0 amide bonds. The lowest BCUT2D eigenvalue weighted by atomic mass is 10.1. The van der Waals surface area contributed by atoms with Gasteiger partial charge in [-0.2, -0.15) is 13.2 Å². The Kier molecular flexibility index (Phi) is 6.59. The number of alkyl halides is 3. The molecule has 13 heavy (non-hydrogen) atoms. The zero-order chi connectivity index (χ0) is 10.3. The predicted octanol–water partition coefficient (Wildman–Crippen LogP) is 3.15. The number of rotatable bonds is 6. The average molecular weight is 215 g/mol. The van der Waals surface area contributed by atoms with Crippen molar-refractivity contribution in [3.8, 4) is 0 Å². The summed E-state index contributed by atoms with van der Waals surface area (Å²) in [6.45, 7) is 1.98. The maximum absolute atomic E-state index is 11.6. The third-order valence-electron chi connectivity index (χ3n) is 1.76. The summed E-state index contributed by atoms with van der Waals surface area (Å²) in [4.78, 5) is 0. The number of hydrogen-bond acceptors (Lipinski definition) is 2. The van der Waals surface area contributed by atoms with Gasteiger partial charge >= 0.3 is 5.51 Å². The van der Waals surface area contributed by atoms with Crippen molar-refractivity contribution >= 4 is 11.8 Å². The van der Waals surface area contributed by atoms with E-state index in [1.165, 1.54) is 0 Å². The van der Waals surface area contributed by atoms with Crippen LogP contribution in [0.3, 0.4) is 0 Å². The second kappa shape index (κ2) is 6.54. The Morgan fingerprint density at radius 3 is 2.38 bits per heavy atom. The molecular formula is C8H16F3NS. The molecule has 0 saturated carbocycles. The van der Waals surface area contributed by atoms with Crippen molar-refractivity contribution in [1.29, 1.82) is 0 Å². The number of hydrogen-bond donors (Lipinski definition) is 1. The first kappa shape index (κ1) is 13.1. The first-order valence-electron chi connectivity index (χ1n) is 4.42. The Balaban J connectivity index is 3.18. The van der Waals surface area contributed by atoms with Gasteiger partial charge in [-0.3, -0.25) is 0 Å². The third-order valence-corrected chi connectivity index (χ3v) is 2.58. The van der Waals surface area contributed by atoms with Crippen LogP contribution in [-0.4, -0.2) is 17.3 Å². The van der Waals surface area contributed by atoms with Crippen molar-refractivity contribution in [3.05, 3.63) is 0 Å². The minimum atomic E-state index is -4.08. The molecule has 0 fully saturated rings. The van der Waals surface area contributed by atoms with Crippen LogP contribution in [0.2, 0.25) is 0 Å². The Bertz CT molecular complexity index is 127. The Hall–Kier alpha value is 0.100. The van der Waals surface area contributed by atoms with Crippen molar-refractivity contribution in [2.75, 3.05) is 5.75 Å². The number of halogens is 3. The van der Waals surface area contributed by atoms with Gasteiger partial charge in [-0.25, -0.2) is 0 Å². The summed E-state index contributed by atoms with van der Waals surface area (Å²) in [6, 6.07) is 0.149. The van der Waals surface area contributed by atoms with Gasteiger partial charge in [0.2, 0.25) is 0 Å². The molecule has 0 bridgehead atoms. The molecule has 0 aliphatic heterocycles. The molecule has 0 aromatic heterocycles. The van der Waals surface area contributed by atoms with E-state index in [4.69, 9.17) is 5.73 Å². The summed E-state index contributed by atoms with van der Waals surface area (Å²) in [5.74, 6) is 0.153. The molecular weight excluding hydrogens is 199 g/mol. The van der Waals surface area contributed by atoms with Crippen molar-refractivity contribution in [2.24, 2.45) is 5.73 Å². The first-order valence-corrected chi connectivity index (χ1v) is 5.40. The second-order valence-corrected chi connectivity index (χ2v) is 4.12. The van der Waals surface area contributed by atoms with Crippen LogP contribution in [-0.2, 0) is 0 Å². The van der Waals surface area contributed by atoms with E-state index in [1.54, 1.807) is 0 Å². The predicted molar refractivity (Wildman–Crippen MR) is 50.6 cm³/mol. The van der Waals surface area contributed by atoms with Crippen LogP contribution in [0.15, 0.2) is 0 Å². The van der Waals surface area contributed by atoms with Gasteiger partial charge in [-0.1, -0.05) is 25.1 Å². The van der Waals surface area contributed by atoms with Crippen LogP contribution < -0.4 is 5.73 Å². The normalized spacial score (nSPS) is 14.5. The summed E-state index contributed by atoms with van der Waals surface area (Å²) in [5.41, 5.74) is 1.54. The van der Waals surface area contributed by atoms with E-state index >= 15 is 0 Å². The van der Waals surface area contributed by atoms with Crippen molar-refractivity contribution < 1.29 is 13.2 Å². The van der Waals surface area contributed by atoms with E-state index in [0.29, 0.717) is 6.42 Å².